The highest BCUT2D eigenvalue weighted by Crippen LogP contribution is 2.29. The van der Waals surface area contributed by atoms with E-state index in [9.17, 15) is 14.9 Å². The molecule has 4 rings (SSSR count). The number of nitro benzene ring substituents is 1. The van der Waals surface area contributed by atoms with E-state index in [1.165, 1.54) is 40.8 Å². The number of aryl methyl sites for hydroxylation is 1. The van der Waals surface area contributed by atoms with E-state index in [0.29, 0.717) is 27.3 Å². The number of thioether (sulfide) groups is 1. The van der Waals surface area contributed by atoms with Crippen LogP contribution in [0.15, 0.2) is 71.2 Å². The van der Waals surface area contributed by atoms with Crippen molar-refractivity contribution in [3.05, 3.63) is 98.0 Å². The number of hydrogen-bond acceptors (Lipinski definition) is 7. The van der Waals surface area contributed by atoms with E-state index in [1.54, 1.807) is 18.2 Å². The lowest BCUT2D eigenvalue weighted by Gasteiger charge is -2.16. The fraction of sp³-hybridized carbons (Fsp3) is 0.174. The van der Waals surface area contributed by atoms with Gasteiger partial charge in [-0.2, -0.15) is 0 Å². The molecule has 0 saturated heterocycles. The molecule has 0 aliphatic carbocycles. The molecule has 2 aromatic heterocycles. The van der Waals surface area contributed by atoms with Crippen molar-refractivity contribution < 1.29 is 9.72 Å². The molecule has 8 nitrogen and oxygen atoms in total. The zero-order valence-electron chi connectivity index (χ0n) is 18.0. The fourth-order valence-electron chi connectivity index (χ4n) is 3.31. The molecule has 0 spiro atoms. The second-order valence-electron chi connectivity index (χ2n) is 7.40. The van der Waals surface area contributed by atoms with Gasteiger partial charge in [-0.1, -0.05) is 47.7 Å². The topological polar surface area (TPSA) is 103 Å². The van der Waals surface area contributed by atoms with Gasteiger partial charge in [-0.3, -0.25) is 19.5 Å². The normalized spacial score (nSPS) is 11.8. The quantitative estimate of drug-likeness (QED) is 0.208. The highest BCUT2D eigenvalue weighted by molar-refractivity contribution is 7.98. The van der Waals surface area contributed by atoms with Crippen molar-refractivity contribution in [3.8, 4) is 5.69 Å². The Labute approximate surface area is 198 Å². The number of benzene rings is 2. The third kappa shape index (κ3) is 5.29. The Morgan fingerprint density at radius 1 is 1.18 bits per heavy atom. The fourth-order valence-corrected chi connectivity index (χ4v) is 4.84. The number of amides is 1. The van der Waals surface area contributed by atoms with Crippen molar-refractivity contribution in [2.45, 2.75) is 30.8 Å². The molecule has 0 saturated carbocycles. The van der Waals surface area contributed by atoms with Crippen molar-refractivity contribution in [2.24, 2.45) is 0 Å². The van der Waals surface area contributed by atoms with Crippen LogP contribution in [0.25, 0.3) is 5.69 Å². The number of thiophene rings is 1. The maximum Gasteiger partial charge on any atom is 0.269 e. The average Bonchev–Trinajstić information content (AvgIpc) is 3.48. The standard InChI is InChI=1S/C23H21N5O3S2/c1-15-5-3-6-17(13-15)14-33-23-26-25-21(16(2)24-22(29)20-7-4-12-32-20)27(23)18-8-10-19(11-9-18)28(30)31/h3-13,16H,14H2,1-2H3,(H,24,29). The van der Waals surface area contributed by atoms with Crippen LogP contribution in [0, 0.1) is 17.0 Å². The molecule has 168 valence electrons. The first-order valence-electron chi connectivity index (χ1n) is 10.1. The van der Waals surface area contributed by atoms with Crippen LogP contribution < -0.4 is 5.32 Å². The number of non-ortho nitro benzene ring substituents is 1. The van der Waals surface area contributed by atoms with Gasteiger partial charge in [-0.15, -0.1) is 21.5 Å². The molecule has 1 amide bonds. The first kappa shape index (κ1) is 22.7. The summed E-state index contributed by atoms with van der Waals surface area (Å²) in [5.74, 6) is 1.04. The Bertz CT molecular complexity index is 1270. The number of nitrogens with zero attached hydrogens (tertiary/aromatic N) is 4. The van der Waals surface area contributed by atoms with Crippen molar-refractivity contribution >= 4 is 34.7 Å². The number of aromatic nitrogens is 3. The first-order chi connectivity index (χ1) is 15.9. The van der Waals surface area contributed by atoms with Gasteiger partial charge in [-0.05, 0) is 43.0 Å². The zero-order valence-corrected chi connectivity index (χ0v) is 19.6. The highest BCUT2D eigenvalue weighted by atomic mass is 32.2. The minimum absolute atomic E-state index is 0.00128. The van der Waals surface area contributed by atoms with Gasteiger partial charge in [0.05, 0.1) is 15.8 Å². The molecule has 2 heterocycles. The molecule has 1 N–H and O–H groups in total. The zero-order chi connectivity index (χ0) is 23.4. The summed E-state index contributed by atoms with van der Waals surface area (Å²) in [5, 5.41) is 25.3. The van der Waals surface area contributed by atoms with Gasteiger partial charge in [-0.25, -0.2) is 0 Å². The second kappa shape index (κ2) is 9.97. The summed E-state index contributed by atoms with van der Waals surface area (Å²) < 4.78 is 1.84. The monoisotopic (exact) mass is 479 g/mol. The van der Waals surface area contributed by atoms with E-state index in [-0.39, 0.29) is 11.6 Å². The molecule has 0 bridgehead atoms. The predicted octanol–water partition coefficient (Wildman–Crippen LogP) is 5.33. The summed E-state index contributed by atoms with van der Waals surface area (Å²) in [6, 6.07) is 17.6. The molecule has 1 unspecified atom stereocenters. The predicted molar refractivity (Wildman–Crippen MR) is 129 cm³/mol. The Morgan fingerprint density at radius 3 is 2.64 bits per heavy atom. The molecule has 0 radical (unpaired) electrons. The third-order valence-corrected chi connectivity index (χ3v) is 6.78. The first-order valence-corrected chi connectivity index (χ1v) is 12.0. The number of carbonyl (C=O) groups is 1. The lowest BCUT2D eigenvalue weighted by atomic mass is 10.2. The van der Waals surface area contributed by atoms with Crippen LogP contribution in [-0.2, 0) is 5.75 Å². The minimum atomic E-state index is -0.436. The summed E-state index contributed by atoms with van der Waals surface area (Å²) in [6.45, 7) is 3.88. The van der Waals surface area contributed by atoms with Crippen LogP contribution in [0.1, 0.15) is 39.6 Å². The van der Waals surface area contributed by atoms with Gasteiger partial charge >= 0.3 is 0 Å². The van der Waals surface area contributed by atoms with Crippen molar-refractivity contribution in [1.82, 2.24) is 20.1 Å². The van der Waals surface area contributed by atoms with E-state index >= 15 is 0 Å². The summed E-state index contributed by atoms with van der Waals surface area (Å²) in [5.41, 5.74) is 3.01. The van der Waals surface area contributed by atoms with E-state index in [1.807, 2.05) is 42.0 Å². The summed E-state index contributed by atoms with van der Waals surface area (Å²) in [6.07, 6.45) is 0. The summed E-state index contributed by atoms with van der Waals surface area (Å²) in [4.78, 5) is 23.8. The van der Waals surface area contributed by atoms with Gasteiger partial charge in [0.15, 0.2) is 11.0 Å². The van der Waals surface area contributed by atoms with E-state index in [2.05, 4.69) is 27.6 Å². The van der Waals surface area contributed by atoms with Gasteiger partial charge in [0.1, 0.15) is 0 Å². The number of nitrogens with one attached hydrogen (secondary N) is 1. The Balaban J connectivity index is 1.65. The Kier molecular flexibility index (Phi) is 6.85. The molecule has 0 aliphatic rings. The van der Waals surface area contributed by atoms with Gasteiger partial charge in [0.25, 0.3) is 11.6 Å². The van der Waals surface area contributed by atoms with Crippen LogP contribution >= 0.6 is 23.1 Å². The van der Waals surface area contributed by atoms with E-state index in [4.69, 9.17) is 0 Å². The van der Waals surface area contributed by atoms with E-state index in [0.717, 1.165) is 5.56 Å². The van der Waals surface area contributed by atoms with Gasteiger partial charge < -0.3 is 5.32 Å². The average molecular weight is 480 g/mol. The second-order valence-corrected chi connectivity index (χ2v) is 9.29. The number of rotatable bonds is 8. The van der Waals surface area contributed by atoms with Gasteiger partial charge in [0, 0.05) is 23.6 Å². The van der Waals surface area contributed by atoms with Crippen molar-refractivity contribution in [2.75, 3.05) is 0 Å². The van der Waals surface area contributed by atoms with Crippen molar-refractivity contribution in [3.63, 3.8) is 0 Å². The number of carbonyl (C=O) groups excluding carboxylic acids is 1. The molecule has 0 aliphatic heterocycles. The summed E-state index contributed by atoms with van der Waals surface area (Å²) in [7, 11) is 0. The molecule has 33 heavy (non-hydrogen) atoms. The maximum atomic E-state index is 12.6. The van der Waals surface area contributed by atoms with Crippen LogP contribution in [-0.4, -0.2) is 25.6 Å². The minimum Gasteiger partial charge on any atom is -0.342 e. The number of hydrogen-bond donors (Lipinski definition) is 1. The lowest BCUT2D eigenvalue weighted by Crippen LogP contribution is -2.28. The SMILES string of the molecule is Cc1cccc(CSc2nnc(C(C)NC(=O)c3cccs3)n2-c2ccc([N+](=O)[O-])cc2)c1. The van der Waals surface area contributed by atoms with E-state index < -0.39 is 11.0 Å². The van der Waals surface area contributed by atoms with Crippen LogP contribution in [0.2, 0.25) is 0 Å². The molecular weight excluding hydrogens is 458 g/mol. The Morgan fingerprint density at radius 2 is 1.97 bits per heavy atom. The highest BCUT2D eigenvalue weighted by Gasteiger charge is 2.22. The smallest absolute Gasteiger partial charge is 0.269 e. The Hall–Kier alpha value is -3.50. The van der Waals surface area contributed by atoms with Crippen LogP contribution in [0.5, 0.6) is 0 Å². The maximum absolute atomic E-state index is 12.6. The number of nitro groups is 1. The molecular formula is C23H21N5O3S2. The lowest BCUT2D eigenvalue weighted by molar-refractivity contribution is -0.384. The molecule has 2 aromatic carbocycles. The molecule has 1 atom stereocenters. The third-order valence-electron chi connectivity index (χ3n) is 4.91. The molecule has 10 heteroatoms. The summed E-state index contributed by atoms with van der Waals surface area (Å²) >= 11 is 2.88. The van der Waals surface area contributed by atoms with Gasteiger partial charge in [0.2, 0.25) is 0 Å². The van der Waals surface area contributed by atoms with Crippen molar-refractivity contribution in [1.29, 1.82) is 0 Å². The van der Waals surface area contributed by atoms with Crippen LogP contribution in [0.3, 0.4) is 0 Å². The molecule has 0 fully saturated rings. The molecule has 4 aromatic rings. The largest absolute Gasteiger partial charge is 0.342 e. The van der Waals surface area contributed by atoms with Crippen LogP contribution in [0.4, 0.5) is 5.69 Å².